The first kappa shape index (κ1) is 17.1. The van der Waals surface area contributed by atoms with Crippen molar-refractivity contribution in [3.63, 3.8) is 0 Å². The largest absolute Gasteiger partial charge is 0.379 e. The summed E-state index contributed by atoms with van der Waals surface area (Å²) in [5.41, 5.74) is 4.11. The number of nitrogens with one attached hydrogen (secondary N) is 1. The molecule has 2 aromatic rings. The highest BCUT2D eigenvalue weighted by molar-refractivity contribution is 5.99. The van der Waals surface area contributed by atoms with Crippen molar-refractivity contribution in [2.24, 2.45) is 0 Å². The van der Waals surface area contributed by atoms with E-state index in [1.165, 1.54) is 5.56 Å². The molecule has 136 valence electrons. The van der Waals surface area contributed by atoms with Gasteiger partial charge in [-0.2, -0.15) is 0 Å². The molecule has 0 bridgehead atoms. The number of fused-ring (bicyclic) bond motifs is 1. The second-order valence-corrected chi connectivity index (χ2v) is 6.95. The number of carbonyl (C=O) groups excluding carboxylic acids is 1. The number of aryl methyl sites for hydroxylation is 1. The molecule has 26 heavy (non-hydrogen) atoms. The highest BCUT2D eigenvalue weighted by Gasteiger charge is 2.36. The SMILES string of the molecule is Cc1ccc(NC2c3ccccc3C(=O)N2CCN2CCOCC2)cc1. The van der Waals surface area contributed by atoms with E-state index in [0.717, 1.165) is 49.7 Å². The molecule has 1 atom stereocenters. The van der Waals surface area contributed by atoms with E-state index in [0.29, 0.717) is 6.54 Å². The van der Waals surface area contributed by atoms with Crippen molar-refractivity contribution < 1.29 is 9.53 Å². The Balaban J connectivity index is 1.54. The van der Waals surface area contributed by atoms with Gasteiger partial charge in [-0.25, -0.2) is 0 Å². The number of rotatable bonds is 5. The third-order valence-electron chi connectivity index (χ3n) is 5.17. The molecule has 5 heteroatoms. The quantitative estimate of drug-likeness (QED) is 0.900. The van der Waals surface area contributed by atoms with Crippen LogP contribution in [0.15, 0.2) is 48.5 Å². The number of ether oxygens (including phenoxy) is 1. The lowest BCUT2D eigenvalue weighted by Crippen LogP contribution is -2.43. The van der Waals surface area contributed by atoms with Gasteiger partial charge >= 0.3 is 0 Å². The Morgan fingerprint density at radius 2 is 1.77 bits per heavy atom. The number of amides is 1. The number of anilines is 1. The summed E-state index contributed by atoms with van der Waals surface area (Å²) in [5.74, 6) is 0.110. The second-order valence-electron chi connectivity index (χ2n) is 6.95. The molecule has 4 rings (SSSR count). The van der Waals surface area contributed by atoms with Crippen LogP contribution in [0.25, 0.3) is 0 Å². The summed E-state index contributed by atoms with van der Waals surface area (Å²) >= 11 is 0. The normalized spacial score (nSPS) is 20.3. The number of benzene rings is 2. The Kier molecular flexibility index (Phi) is 4.91. The van der Waals surface area contributed by atoms with Gasteiger partial charge in [0.15, 0.2) is 0 Å². The lowest BCUT2D eigenvalue weighted by atomic mass is 10.1. The van der Waals surface area contributed by atoms with Gasteiger partial charge in [0.25, 0.3) is 5.91 Å². The molecule has 0 saturated carbocycles. The van der Waals surface area contributed by atoms with Crippen LogP contribution in [0.2, 0.25) is 0 Å². The fourth-order valence-electron chi connectivity index (χ4n) is 3.64. The van der Waals surface area contributed by atoms with Crippen LogP contribution in [-0.2, 0) is 4.74 Å². The maximum Gasteiger partial charge on any atom is 0.256 e. The van der Waals surface area contributed by atoms with E-state index < -0.39 is 0 Å². The summed E-state index contributed by atoms with van der Waals surface area (Å²) in [7, 11) is 0. The molecule has 1 unspecified atom stereocenters. The maximum atomic E-state index is 13.0. The fourth-order valence-corrected chi connectivity index (χ4v) is 3.64. The van der Waals surface area contributed by atoms with E-state index >= 15 is 0 Å². The zero-order valence-electron chi connectivity index (χ0n) is 15.1. The standard InChI is InChI=1S/C21H25N3O2/c1-16-6-8-17(9-7-16)22-20-18-4-2-3-5-19(18)21(25)24(20)11-10-23-12-14-26-15-13-23/h2-9,20,22H,10-15H2,1H3. The van der Waals surface area contributed by atoms with Crippen molar-refractivity contribution in [3.8, 4) is 0 Å². The van der Waals surface area contributed by atoms with E-state index in [4.69, 9.17) is 4.74 Å². The average Bonchev–Trinajstić information content (AvgIpc) is 2.95. The van der Waals surface area contributed by atoms with Gasteiger partial charge in [-0.05, 0) is 25.1 Å². The highest BCUT2D eigenvalue weighted by atomic mass is 16.5. The molecular formula is C21H25N3O2. The predicted octanol–water partition coefficient (Wildman–Crippen LogP) is 2.89. The van der Waals surface area contributed by atoms with Gasteiger partial charge < -0.3 is 15.0 Å². The molecule has 5 nitrogen and oxygen atoms in total. The molecule has 1 N–H and O–H groups in total. The summed E-state index contributed by atoms with van der Waals surface area (Å²) in [6.45, 7) is 7.08. The van der Waals surface area contributed by atoms with E-state index in [-0.39, 0.29) is 12.1 Å². The van der Waals surface area contributed by atoms with Crippen molar-refractivity contribution in [1.82, 2.24) is 9.80 Å². The van der Waals surface area contributed by atoms with Gasteiger partial charge in [-0.3, -0.25) is 9.69 Å². The molecule has 1 amide bonds. The first-order chi connectivity index (χ1) is 12.7. The molecule has 0 aromatic heterocycles. The van der Waals surface area contributed by atoms with E-state index in [1.54, 1.807) is 0 Å². The van der Waals surface area contributed by atoms with Crippen molar-refractivity contribution in [2.75, 3.05) is 44.7 Å². The monoisotopic (exact) mass is 351 g/mol. The van der Waals surface area contributed by atoms with E-state index in [9.17, 15) is 4.79 Å². The molecule has 0 spiro atoms. The molecule has 1 fully saturated rings. The number of carbonyl (C=O) groups is 1. The van der Waals surface area contributed by atoms with Crippen LogP contribution in [0, 0.1) is 6.92 Å². The molecule has 2 aromatic carbocycles. The van der Waals surface area contributed by atoms with E-state index in [2.05, 4.69) is 41.4 Å². The molecule has 0 aliphatic carbocycles. The maximum absolute atomic E-state index is 13.0. The number of hydrogen-bond acceptors (Lipinski definition) is 4. The minimum atomic E-state index is -0.123. The Morgan fingerprint density at radius 1 is 1.04 bits per heavy atom. The highest BCUT2D eigenvalue weighted by Crippen LogP contribution is 2.34. The van der Waals surface area contributed by atoms with Gasteiger partial charge in [0.05, 0.1) is 13.2 Å². The Bertz CT molecular complexity index is 769. The summed E-state index contributed by atoms with van der Waals surface area (Å²) in [6, 6.07) is 16.2. The number of nitrogens with zero attached hydrogens (tertiary/aromatic N) is 2. The zero-order valence-corrected chi connectivity index (χ0v) is 15.1. The van der Waals surface area contributed by atoms with Crippen LogP contribution in [0.4, 0.5) is 5.69 Å². The van der Waals surface area contributed by atoms with Crippen LogP contribution in [0.1, 0.15) is 27.7 Å². The lowest BCUT2D eigenvalue weighted by Gasteiger charge is -2.31. The van der Waals surface area contributed by atoms with Crippen LogP contribution < -0.4 is 5.32 Å². The first-order valence-corrected chi connectivity index (χ1v) is 9.25. The molecule has 2 heterocycles. The third kappa shape index (κ3) is 3.45. The summed E-state index contributed by atoms with van der Waals surface area (Å²) in [6.07, 6.45) is -0.123. The van der Waals surface area contributed by atoms with Gasteiger partial charge in [-0.15, -0.1) is 0 Å². The van der Waals surface area contributed by atoms with Crippen LogP contribution >= 0.6 is 0 Å². The molecule has 2 aliphatic rings. The lowest BCUT2D eigenvalue weighted by molar-refractivity contribution is 0.0314. The minimum Gasteiger partial charge on any atom is -0.379 e. The van der Waals surface area contributed by atoms with Gasteiger partial charge in [-0.1, -0.05) is 35.9 Å². The topological polar surface area (TPSA) is 44.8 Å². The first-order valence-electron chi connectivity index (χ1n) is 9.25. The molecule has 2 aliphatic heterocycles. The van der Waals surface area contributed by atoms with Crippen LogP contribution in [0.5, 0.6) is 0 Å². The van der Waals surface area contributed by atoms with Gasteiger partial charge in [0, 0.05) is 43.0 Å². The Hall–Kier alpha value is -2.37. The summed E-state index contributed by atoms with van der Waals surface area (Å²) in [4.78, 5) is 17.3. The Morgan fingerprint density at radius 3 is 2.54 bits per heavy atom. The van der Waals surface area contributed by atoms with E-state index in [1.807, 2.05) is 29.2 Å². The third-order valence-corrected chi connectivity index (χ3v) is 5.17. The number of morpholine rings is 1. The van der Waals surface area contributed by atoms with Crippen LogP contribution in [-0.4, -0.2) is 55.1 Å². The molecule has 0 radical (unpaired) electrons. The summed E-state index contributed by atoms with van der Waals surface area (Å²) < 4.78 is 5.42. The zero-order chi connectivity index (χ0) is 17.9. The van der Waals surface area contributed by atoms with Crippen molar-refractivity contribution in [1.29, 1.82) is 0 Å². The van der Waals surface area contributed by atoms with Gasteiger partial charge in [0.2, 0.25) is 0 Å². The van der Waals surface area contributed by atoms with Crippen molar-refractivity contribution >= 4 is 11.6 Å². The minimum absolute atomic E-state index is 0.110. The Labute approximate surface area is 154 Å². The second kappa shape index (κ2) is 7.48. The van der Waals surface area contributed by atoms with Gasteiger partial charge in [0.1, 0.15) is 6.17 Å². The fraction of sp³-hybridized carbons (Fsp3) is 0.381. The summed E-state index contributed by atoms with van der Waals surface area (Å²) in [5, 5.41) is 3.55. The van der Waals surface area contributed by atoms with Crippen molar-refractivity contribution in [2.45, 2.75) is 13.1 Å². The van der Waals surface area contributed by atoms with Crippen LogP contribution in [0.3, 0.4) is 0 Å². The predicted molar refractivity (Wildman–Crippen MR) is 102 cm³/mol. The molecular weight excluding hydrogens is 326 g/mol. The van der Waals surface area contributed by atoms with Crippen molar-refractivity contribution in [3.05, 3.63) is 65.2 Å². The number of hydrogen-bond donors (Lipinski definition) is 1. The smallest absolute Gasteiger partial charge is 0.256 e. The molecule has 1 saturated heterocycles. The average molecular weight is 351 g/mol.